The number of halogens is 1. The van der Waals surface area contributed by atoms with Crippen LogP contribution in [-0.4, -0.2) is 25.5 Å². The number of hydrogen-bond acceptors (Lipinski definition) is 4. The Hall–Kier alpha value is -3.26. The van der Waals surface area contributed by atoms with Gasteiger partial charge in [0.1, 0.15) is 11.6 Å². The van der Waals surface area contributed by atoms with E-state index in [2.05, 4.69) is 31.4 Å². The Morgan fingerprint density at radius 3 is 2.39 bits per heavy atom. The zero-order valence-electron chi connectivity index (χ0n) is 17.5. The van der Waals surface area contributed by atoms with Crippen molar-refractivity contribution in [2.45, 2.75) is 33.2 Å². The molecule has 2 heterocycles. The fourth-order valence-electron chi connectivity index (χ4n) is 3.64. The van der Waals surface area contributed by atoms with Gasteiger partial charge in [0.15, 0.2) is 0 Å². The molecule has 4 aromatic rings. The number of carbonyl (C=O) groups excluding carboxylic acids is 1. The number of rotatable bonds is 5. The van der Waals surface area contributed by atoms with E-state index in [1.165, 1.54) is 4.68 Å². The summed E-state index contributed by atoms with van der Waals surface area (Å²) in [6.07, 6.45) is 0.423. The highest BCUT2D eigenvalue weighted by Crippen LogP contribution is 2.22. The van der Waals surface area contributed by atoms with E-state index < -0.39 is 6.04 Å². The highest BCUT2D eigenvalue weighted by Gasteiger charge is 2.25. The Balaban J connectivity index is 1.78. The molecule has 31 heavy (non-hydrogen) atoms. The van der Waals surface area contributed by atoms with Gasteiger partial charge in [0, 0.05) is 10.2 Å². The number of aromatic nitrogens is 4. The number of nitrogens with one attached hydrogen (secondary N) is 1. The maximum atomic E-state index is 13.4. The number of para-hydroxylation sites is 1. The Labute approximate surface area is 187 Å². The summed E-state index contributed by atoms with van der Waals surface area (Å²) in [6.45, 7) is 5.52. The van der Waals surface area contributed by atoms with Crippen LogP contribution in [0, 0.1) is 13.8 Å². The minimum absolute atomic E-state index is 0.286. The lowest BCUT2D eigenvalue weighted by molar-refractivity contribution is -0.119. The quantitative estimate of drug-likeness (QED) is 0.455. The predicted octanol–water partition coefficient (Wildman–Crippen LogP) is 4.55. The van der Waals surface area contributed by atoms with Crippen molar-refractivity contribution in [2.75, 3.05) is 5.32 Å². The van der Waals surface area contributed by atoms with Crippen LogP contribution < -0.4 is 10.9 Å². The van der Waals surface area contributed by atoms with Gasteiger partial charge in [-0.1, -0.05) is 41.1 Å². The van der Waals surface area contributed by atoms with Crippen molar-refractivity contribution < 1.29 is 4.79 Å². The van der Waals surface area contributed by atoms with E-state index in [0.717, 1.165) is 10.2 Å². The standard InChI is InChI=1S/C23H22BrN5O2/c1-4-19(22(30)25-17-12-10-16(24)11-13-17)29-23(31)20-15(3)28(18-8-6-5-7-9-18)27-21(20)14(2)26-29/h5-13,19H,4H2,1-3H3,(H,25,30). The van der Waals surface area contributed by atoms with Gasteiger partial charge in [-0.2, -0.15) is 10.2 Å². The van der Waals surface area contributed by atoms with Gasteiger partial charge < -0.3 is 5.32 Å². The maximum Gasteiger partial charge on any atom is 0.278 e. The average molecular weight is 480 g/mol. The number of carbonyl (C=O) groups is 1. The first-order valence-electron chi connectivity index (χ1n) is 10.0. The lowest BCUT2D eigenvalue weighted by Crippen LogP contribution is -2.35. The molecule has 8 heteroatoms. The van der Waals surface area contributed by atoms with Crippen LogP contribution in [0.15, 0.2) is 63.9 Å². The molecule has 1 N–H and O–H groups in total. The molecular weight excluding hydrogens is 458 g/mol. The monoisotopic (exact) mass is 479 g/mol. The molecular formula is C23H22BrN5O2. The molecule has 1 atom stereocenters. The van der Waals surface area contributed by atoms with Crippen LogP contribution in [0.2, 0.25) is 0 Å². The summed E-state index contributed by atoms with van der Waals surface area (Å²) >= 11 is 3.38. The van der Waals surface area contributed by atoms with Crippen LogP contribution in [0.25, 0.3) is 16.6 Å². The SMILES string of the molecule is CCC(C(=O)Nc1ccc(Br)cc1)n1nc(C)c2nn(-c3ccccc3)c(C)c2c1=O. The van der Waals surface area contributed by atoms with Crippen LogP contribution in [0.5, 0.6) is 0 Å². The lowest BCUT2D eigenvalue weighted by Gasteiger charge is -2.17. The van der Waals surface area contributed by atoms with E-state index in [4.69, 9.17) is 0 Å². The fraction of sp³-hybridized carbons (Fsp3) is 0.217. The number of fused-ring (bicyclic) bond motifs is 1. The molecule has 0 radical (unpaired) electrons. The number of nitrogens with zero attached hydrogens (tertiary/aromatic N) is 4. The third-order valence-corrected chi connectivity index (χ3v) is 5.76. The Morgan fingerprint density at radius 2 is 1.74 bits per heavy atom. The lowest BCUT2D eigenvalue weighted by atomic mass is 10.2. The van der Waals surface area contributed by atoms with Gasteiger partial charge in [-0.25, -0.2) is 9.36 Å². The van der Waals surface area contributed by atoms with Gasteiger partial charge in [-0.15, -0.1) is 0 Å². The number of aryl methyl sites for hydroxylation is 2. The van der Waals surface area contributed by atoms with Crippen LogP contribution >= 0.6 is 15.9 Å². The molecule has 0 saturated heterocycles. The van der Waals surface area contributed by atoms with E-state index in [-0.39, 0.29) is 11.5 Å². The molecule has 0 aliphatic heterocycles. The normalized spacial score (nSPS) is 12.1. The smallest absolute Gasteiger partial charge is 0.278 e. The number of hydrogen-bond donors (Lipinski definition) is 1. The molecule has 158 valence electrons. The average Bonchev–Trinajstić information content (AvgIpc) is 3.12. The van der Waals surface area contributed by atoms with Gasteiger partial charge in [-0.05, 0) is 56.7 Å². The molecule has 2 aromatic carbocycles. The van der Waals surface area contributed by atoms with Crippen LogP contribution in [0.3, 0.4) is 0 Å². The van der Waals surface area contributed by atoms with Gasteiger partial charge >= 0.3 is 0 Å². The molecule has 7 nitrogen and oxygen atoms in total. The van der Waals surface area contributed by atoms with Gasteiger partial charge in [0.05, 0.1) is 22.5 Å². The summed E-state index contributed by atoms with van der Waals surface area (Å²) in [7, 11) is 0. The second kappa shape index (κ2) is 8.47. The van der Waals surface area contributed by atoms with Crippen LogP contribution in [0.4, 0.5) is 5.69 Å². The first kappa shape index (κ1) is 21.0. The number of benzene rings is 2. The minimum atomic E-state index is -0.737. The van der Waals surface area contributed by atoms with E-state index in [0.29, 0.717) is 34.4 Å². The number of amides is 1. The Morgan fingerprint density at radius 1 is 1.06 bits per heavy atom. The van der Waals surface area contributed by atoms with E-state index in [1.807, 2.05) is 56.3 Å². The summed E-state index contributed by atoms with van der Waals surface area (Å²) in [5.41, 5.74) is 3.06. The topological polar surface area (TPSA) is 81.8 Å². The largest absolute Gasteiger partial charge is 0.324 e. The van der Waals surface area contributed by atoms with E-state index in [1.54, 1.807) is 23.7 Å². The Bertz CT molecular complexity index is 1310. The summed E-state index contributed by atoms with van der Waals surface area (Å²) in [5.74, 6) is -0.286. The zero-order valence-corrected chi connectivity index (χ0v) is 19.0. The minimum Gasteiger partial charge on any atom is -0.324 e. The van der Waals surface area contributed by atoms with Gasteiger partial charge in [-0.3, -0.25) is 9.59 Å². The molecule has 0 saturated carbocycles. The molecule has 1 amide bonds. The summed E-state index contributed by atoms with van der Waals surface area (Å²) in [4.78, 5) is 26.4. The first-order chi connectivity index (χ1) is 14.9. The van der Waals surface area contributed by atoms with Crippen molar-refractivity contribution in [3.8, 4) is 5.69 Å². The summed E-state index contributed by atoms with van der Waals surface area (Å²) in [6, 6.07) is 16.2. The summed E-state index contributed by atoms with van der Waals surface area (Å²) in [5, 5.41) is 12.4. The molecule has 0 fully saturated rings. The second-order valence-electron chi connectivity index (χ2n) is 7.31. The second-order valence-corrected chi connectivity index (χ2v) is 8.23. The molecule has 4 rings (SSSR count). The van der Waals surface area contributed by atoms with Crippen molar-refractivity contribution in [3.05, 3.63) is 80.8 Å². The highest BCUT2D eigenvalue weighted by molar-refractivity contribution is 9.10. The molecule has 0 spiro atoms. The molecule has 0 aliphatic rings. The van der Waals surface area contributed by atoms with Crippen molar-refractivity contribution >= 4 is 38.4 Å². The first-order valence-corrected chi connectivity index (χ1v) is 10.8. The van der Waals surface area contributed by atoms with Crippen molar-refractivity contribution in [2.24, 2.45) is 0 Å². The van der Waals surface area contributed by atoms with Crippen molar-refractivity contribution in [1.82, 2.24) is 19.6 Å². The molecule has 1 unspecified atom stereocenters. The molecule has 0 bridgehead atoms. The fourth-order valence-corrected chi connectivity index (χ4v) is 3.90. The van der Waals surface area contributed by atoms with E-state index in [9.17, 15) is 9.59 Å². The number of anilines is 1. The maximum absolute atomic E-state index is 13.4. The molecule has 2 aromatic heterocycles. The predicted molar refractivity (Wildman–Crippen MR) is 125 cm³/mol. The summed E-state index contributed by atoms with van der Waals surface area (Å²) < 4.78 is 3.95. The van der Waals surface area contributed by atoms with Crippen LogP contribution in [-0.2, 0) is 4.79 Å². The molecule has 0 aliphatic carbocycles. The van der Waals surface area contributed by atoms with Gasteiger partial charge in [0.25, 0.3) is 5.56 Å². The zero-order chi connectivity index (χ0) is 22.1. The van der Waals surface area contributed by atoms with Crippen molar-refractivity contribution in [1.29, 1.82) is 0 Å². The van der Waals surface area contributed by atoms with Crippen LogP contribution in [0.1, 0.15) is 30.8 Å². The Kier molecular flexibility index (Phi) is 5.73. The third kappa shape index (κ3) is 3.90. The third-order valence-electron chi connectivity index (χ3n) is 5.24. The van der Waals surface area contributed by atoms with E-state index >= 15 is 0 Å². The van der Waals surface area contributed by atoms with Crippen molar-refractivity contribution in [3.63, 3.8) is 0 Å². The van der Waals surface area contributed by atoms with Gasteiger partial charge in [0.2, 0.25) is 5.91 Å². The highest BCUT2D eigenvalue weighted by atomic mass is 79.9.